The topological polar surface area (TPSA) is 20.3 Å². The maximum atomic E-state index is 11.8. The predicted molar refractivity (Wildman–Crippen MR) is 91.0 cm³/mol. The van der Waals surface area contributed by atoms with Gasteiger partial charge in [-0.05, 0) is 34.7 Å². The van der Waals surface area contributed by atoms with Gasteiger partial charge in [0.25, 0.3) is 0 Å². The first-order valence-electron chi connectivity index (χ1n) is 6.64. The summed E-state index contributed by atoms with van der Waals surface area (Å²) in [6, 6.07) is 10.4. The minimum absolute atomic E-state index is 0.143. The summed E-state index contributed by atoms with van der Waals surface area (Å²) in [5, 5.41) is 1.95. The molecular weight excluding hydrogens is 322 g/mol. The molecule has 0 N–H and O–H groups in total. The van der Waals surface area contributed by atoms with E-state index in [1.54, 1.807) is 27.6 Å². The van der Waals surface area contributed by atoms with Crippen molar-refractivity contribution in [2.24, 2.45) is 0 Å². The molecule has 0 radical (unpaired) electrons. The number of halogens is 1. The number of benzene rings is 1. The van der Waals surface area contributed by atoms with Crippen LogP contribution < -0.4 is 4.90 Å². The molecule has 1 aliphatic rings. The van der Waals surface area contributed by atoms with E-state index in [2.05, 4.69) is 23.6 Å². The molecule has 3 aromatic rings. The highest BCUT2D eigenvalue weighted by atomic mass is 35.5. The van der Waals surface area contributed by atoms with Crippen molar-refractivity contribution < 1.29 is 4.79 Å². The van der Waals surface area contributed by atoms with E-state index in [0.717, 1.165) is 21.7 Å². The Bertz CT molecular complexity index is 822. The molecule has 1 aromatic carbocycles. The molecule has 0 saturated heterocycles. The van der Waals surface area contributed by atoms with Crippen molar-refractivity contribution in [3.8, 4) is 0 Å². The Balaban J connectivity index is 1.72. The summed E-state index contributed by atoms with van der Waals surface area (Å²) >= 11 is 10.1. The molecular formula is C16H12ClNOS2. The second kappa shape index (κ2) is 4.83. The van der Waals surface area contributed by atoms with Gasteiger partial charge in [0.05, 0.1) is 11.8 Å². The zero-order chi connectivity index (χ0) is 14.6. The lowest BCUT2D eigenvalue weighted by Crippen LogP contribution is -2.20. The predicted octanol–water partition coefficient (Wildman–Crippen LogP) is 4.81. The lowest BCUT2D eigenvalue weighted by molar-refractivity contribution is -0.117. The van der Waals surface area contributed by atoms with Crippen LogP contribution in [0.3, 0.4) is 0 Å². The van der Waals surface area contributed by atoms with Crippen LogP contribution in [0.15, 0.2) is 35.7 Å². The normalized spacial score (nSPS) is 15.7. The van der Waals surface area contributed by atoms with Crippen LogP contribution in [0.2, 0.25) is 0 Å². The number of thiophene rings is 2. The molecule has 0 aliphatic carbocycles. The quantitative estimate of drug-likeness (QED) is 0.616. The van der Waals surface area contributed by atoms with Gasteiger partial charge in [-0.25, -0.2) is 0 Å². The van der Waals surface area contributed by atoms with Crippen LogP contribution in [0, 0.1) is 0 Å². The minimum atomic E-state index is -0.152. The summed E-state index contributed by atoms with van der Waals surface area (Å²) in [5.74, 6) is 0.143. The van der Waals surface area contributed by atoms with Gasteiger partial charge in [0.2, 0.25) is 5.91 Å². The van der Waals surface area contributed by atoms with Crippen LogP contribution in [0.1, 0.15) is 21.4 Å². The van der Waals surface area contributed by atoms with Crippen molar-refractivity contribution in [1.82, 2.24) is 0 Å². The first kappa shape index (κ1) is 13.3. The molecule has 0 bridgehead atoms. The van der Waals surface area contributed by atoms with E-state index in [1.165, 1.54) is 9.40 Å². The van der Waals surface area contributed by atoms with Crippen molar-refractivity contribution in [3.05, 3.63) is 51.7 Å². The molecule has 5 heteroatoms. The molecule has 4 rings (SSSR count). The van der Waals surface area contributed by atoms with E-state index in [0.29, 0.717) is 6.42 Å². The van der Waals surface area contributed by atoms with E-state index in [-0.39, 0.29) is 11.3 Å². The van der Waals surface area contributed by atoms with Crippen LogP contribution in [-0.4, -0.2) is 13.0 Å². The molecule has 1 amide bonds. The van der Waals surface area contributed by atoms with Crippen LogP contribution in [-0.2, 0) is 11.2 Å². The zero-order valence-electron chi connectivity index (χ0n) is 11.3. The summed E-state index contributed by atoms with van der Waals surface area (Å²) in [6.45, 7) is 0. The largest absolute Gasteiger partial charge is 0.315 e. The molecule has 0 fully saturated rings. The average molecular weight is 334 g/mol. The Morgan fingerprint density at radius 2 is 2.10 bits per heavy atom. The number of nitrogens with zero attached hydrogens (tertiary/aromatic N) is 1. The van der Waals surface area contributed by atoms with Gasteiger partial charge in [0, 0.05) is 27.0 Å². The number of hydrogen-bond donors (Lipinski definition) is 0. The van der Waals surface area contributed by atoms with Gasteiger partial charge in [-0.2, -0.15) is 0 Å². The van der Waals surface area contributed by atoms with E-state index in [9.17, 15) is 4.79 Å². The molecule has 2 aromatic heterocycles. The second-order valence-corrected chi connectivity index (χ2v) is 7.68. The van der Waals surface area contributed by atoms with Crippen molar-refractivity contribution in [1.29, 1.82) is 0 Å². The molecule has 0 saturated carbocycles. The Labute approximate surface area is 135 Å². The molecule has 3 heterocycles. The van der Waals surface area contributed by atoms with Gasteiger partial charge in [0.15, 0.2) is 0 Å². The van der Waals surface area contributed by atoms with Crippen LogP contribution in [0.4, 0.5) is 5.69 Å². The van der Waals surface area contributed by atoms with Gasteiger partial charge in [-0.3, -0.25) is 4.79 Å². The zero-order valence-corrected chi connectivity index (χ0v) is 13.7. The van der Waals surface area contributed by atoms with E-state index in [4.69, 9.17) is 11.6 Å². The third kappa shape index (κ3) is 2.09. The summed E-state index contributed by atoms with van der Waals surface area (Å²) in [6.07, 6.45) is 0.475. The number of likely N-dealkylation sites (N-methyl/N-ethyl adjacent to an activating group) is 1. The van der Waals surface area contributed by atoms with E-state index in [1.807, 2.05) is 19.2 Å². The lowest BCUT2D eigenvalue weighted by Gasteiger charge is -2.12. The highest BCUT2D eigenvalue weighted by molar-refractivity contribution is 7.27. The summed E-state index contributed by atoms with van der Waals surface area (Å²) in [7, 11) is 1.82. The molecule has 1 aliphatic heterocycles. The van der Waals surface area contributed by atoms with Gasteiger partial charge in [-0.1, -0.05) is 12.1 Å². The van der Waals surface area contributed by atoms with Crippen molar-refractivity contribution >= 4 is 55.3 Å². The average Bonchev–Trinajstić information content (AvgIpc) is 3.12. The fraction of sp³-hybridized carbons (Fsp3) is 0.188. The molecule has 106 valence electrons. The molecule has 21 heavy (non-hydrogen) atoms. The summed E-state index contributed by atoms with van der Waals surface area (Å²) < 4.78 is 2.58. The smallest absolute Gasteiger partial charge is 0.231 e. The molecule has 1 atom stereocenters. The van der Waals surface area contributed by atoms with Gasteiger partial charge in [0.1, 0.15) is 0 Å². The highest BCUT2D eigenvalue weighted by Gasteiger charge is 2.25. The number of fused-ring (bicyclic) bond motifs is 2. The summed E-state index contributed by atoms with van der Waals surface area (Å²) in [5.41, 5.74) is 3.14. The Hall–Kier alpha value is -1.36. The Kier molecular flexibility index (Phi) is 3.06. The number of hydrogen-bond acceptors (Lipinski definition) is 3. The van der Waals surface area contributed by atoms with Crippen LogP contribution >= 0.6 is 34.3 Å². The summed E-state index contributed by atoms with van der Waals surface area (Å²) in [4.78, 5) is 14.6. The highest BCUT2D eigenvalue weighted by Crippen LogP contribution is 2.40. The number of alkyl halides is 1. The van der Waals surface area contributed by atoms with E-state index < -0.39 is 0 Å². The molecule has 1 unspecified atom stereocenters. The second-order valence-electron chi connectivity index (χ2n) is 5.18. The molecule has 2 nitrogen and oxygen atoms in total. The molecule has 0 spiro atoms. The van der Waals surface area contributed by atoms with Gasteiger partial charge in [-0.15, -0.1) is 34.3 Å². The van der Waals surface area contributed by atoms with Gasteiger partial charge >= 0.3 is 0 Å². The van der Waals surface area contributed by atoms with Crippen molar-refractivity contribution in [3.63, 3.8) is 0 Å². The maximum absolute atomic E-state index is 11.8. The monoisotopic (exact) mass is 333 g/mol. The third-order valence-electron chi connectivity index (χ3n) is 3.88. The number of rotatable bonds is 2. The van der Waals surface area contributed by atoms with Crippen molar-refractivity contribution in [2.45, 2.75) is 11.8 Å². The maximum Gasteiger partial charge on any atom is 0.231 e. The number of amides is 1. The van der Waals surface area contributed by atoms with Crippen LogP contribution in [0.25, 0.3) is 9.40 Å². The van der Waals surface area contributed by atoms with Gasteiger partial charge < -0.3 is 4.90 Å². The standard InChI is InChI=1S/C16H12ClNOS2/c1-18-11-3-2-9(6-10(11)7-15(18)19)16(17)14-8-13-12(21-14)4-5-20-13/h2-6,8,16H,7H2,1H3. The number of carbonyl (C=O) groups is 1. The lowest BCUT2D eigenvalue weighted by atomic mass is 10.0. The SMILES string of the molecule is CN1C(=O)Cc2cc(C(Cl)c3cc4sccc4s3)ccc21. The Morgan fingerprint density at radius 3 is 2.90 bits per heavy atom. The van der Waals surface area contributed by atoms with Crippen molar-refractivity contribution in [2.75, 3.05) is 11.9 Å². The Morgan fingerprint density at radius 1 is 1.24 bits per heavy atom. The van der Waals surface area contributed by atoms with Crippen LogP contribution in [0.5, 0.6) is 0 Å². The minimum Gasteiger partial charge on any atom is -0.315 e. The first-order chi connectivity index (χ1) is 10.1. The third-order valence-corrected chi connectivity index (χ3v) is 6.66. The fourth-order valence-electron chi connectivity index (χ4n) is 2.72. The number of carbonyl (C=O) groups excluding carboxylic acids is 1. The van der Waals surface area contributed by atoms with E-state index >= 15 is 0 Å². The number of anilines is 1. The fourth-order valence-corrected chi connectivity index (χ4v) is 5.18. The first-order valence-corrected chi connectivity index (χ1v) is 8.77.